The lowest BCUT2D eigenvalue weighted by Gasteiger charge is -2.11. The molecule has 0 unspecified atom stereocenters. The van der Waals surface area contributed by atoms with E-state index >= 15 is 0 Å². The minimum atomic E-state index is 0.540. The fourth-order valence-electron chi connectivity index (χ4n) is 2.51. The third-order valence-corrected chi connectivity index (χ3v) is 3.76. The van der Waals surface area contributed by atoms with Crippen LogP contribution in [-0.4, -0.2) is 27.0 Å². The first-order valence-corrected chi connectivity index (χ1v) is 8.10. The van der Waals surface area contributed by atoms with Gasteiger partial charge in [-0.15, -0.1) is 0 Å². The Morgan fingerprint density at radius 3 is 2.71 bits per heavy atom. The number of hydrogen-bond acceptors (Lipinski definition) is 3. The highest BCUT2D eigenvalue weighted by molar-refractivity contribution is 5.80. The summed E-state index contributed by atoms with van der Waals surface area (Å²) in [4.78, 5) is 13.5. The maximum atomic E-state index is 4.67. The third-order valence-electron chi connectivity index (χ3n) is 3.76. The number of aryl methyl sites for hydroxylation is 1. The smallest absolute Gasteiger partial charge is 0.192 e. The molecule has 0 bridgehead atoms. The van der Waals surface area contributed by atoms with Crippen molar-refractivity contribution in [1.29, 1.82) is 0 Å². The number of benzene rings is 1. The van der Waals surface area contributed by atoms with Crippen molar-refractivity contribution in [2.24, 2.45) is 12.0 Å². The molecule has 3 aromatic rings. The average Bonchev–Trinajstić information content (AvgIpc) is 2.95. The van der Waals surface area contributed by atoms with Crippen LogP contribution in [-0.2, 0) is 20.1 Å². The van der Waals surface area contributed by atoms with E-state index in [4.69, 9.17) is 0 Å². The fourth-order valence-corrected chi connectivity index (χ4v) is 2.51. The van der Waals surface area contributed by atoms with Gasteiger partial charge in [0.15, 0.2) is 5.96 Å². The number of pyridine rings is 1. The summed E-state index contributed by atoms with van der Waals surface area (Å²) in [5, 5.41) is 6.59. The number of hydrogen-bond donors (Lipinski definition) is 2. The zero-order valence-corrected chi connectivity index (χ0v) is 14.0. The second-order valence-corrected chi connectivity index (χ2v) is 5.45. The highest BCUT2D eigenvalue weighted by atomic mass is 15.2. The number of aromatic nitrogens is 3. The molecule has 0 spiro atoms. The molecule has 6 nitrogen and oxygen atoms in total. The van der Waals surface area contributed by atoms with Crippen molar-refractivity contribution in [1.82, 2.24) is 25.2 Å². The van der Waals surface area contributed by atoms with E-state index in [1.807, 2.05) is 50.4 Å². The number of imidazole rings is 1. The van der Waals surface area contributed by atoms with Gasteiger partial charge in [0.2, 0.25) is 0 Å². The van der Waals surface area contributed by atoms with Gasteiger partial charge in [-0.25, -0.2) is 9.98 Å². The molecular weight excluding hydrogens is 300 g/mol. The topological polar surface area (TPSA) is 67.1 Å². The summed E-state index contributed by atoms with van der Waals surface area (Å²) in [6.07, 6.45) is 1.78. The summed E-state index contributed by atoms with van der Waals surface area (Å²) in [6, 6.07) is 14.0. The van der Waals surface area contributed by atoms with Crippen LogP contribution in [0.25, 0.3) is 11.0 Å². The summed E-state index contributed by atoms with van der Waals surface area (Å²) >= 11 is 0. The van der Waals surface area contributed by atoms with Crippen LogP contribution in [0.3, 0.4) is 0 Å². The summed E-state index contributed by atoms with van der Waals surface area (Å²) in [5.41, 5.74) is 3.08. The summed E-state index contributed by atoms with van der Waals surface area (Å²) < 4.78 is 2.10. The van der Waals surface area contributed by atoms with Crippen molar-refractivity contribution in [2.75, 3.05) is 6.54 Å². The molecule has 24 heavy (non-hydrogen) atoms. The Morgan fingerprint density at radius 2 is 1.96 bits per heavy atom. The Hall–Kier alpha value is -2.89. The third kappa shape index (κ3) is 3.71. The number of para-hydroxylation sites is 2. The van der Waals surface area contributed by atoms with Crippen LogP contribution in [0.1, 0.15) is 18.4 Å². The standard InChI is InChI=1S/C18H22N6/c1-3-19-18(21-12-14-8-6-7-11-20-14)22-13-17-23-15-9-4-5-10-16(15)24(17)2/h4-11H,3,12-13H2,1-2H3,(H2,19,21,22). The predicted octanol–water partition coefficient (Wildman–Crippen LogP) is 2.22. The van der Waals surface area contributed by atoms with Crippen LogP contribution in [0.4, 0.5) is 0 Å². The summed E-state index contributed by atoms with van der Waals surface area (Å²) in [6.45, 7) is 4.00. The molecule has 6 heteroatoms. The number of guanidine groups is 1. The van der Waals surface area contributed by atoms with Crippen LogP contribution in [0.2, 0.25) is 0 Å². The van der Waals surface area contributed by atoms with Gasteiger partial charge in [0.25, 0.3) is 0 Å². The van der Waals surface area contributed by atoms with Gasteiger partial charge in [0, 0.05) is 19.8 Å². The van der Waals surface area contributed by atoms with Gasteiger partial charge in [-0.2, -0.15) is 0 Å². The van der Waals surface area contributed by atoms with Crippen LogP contribution < -0.4 is 10.6 Å². The normalized spacial score (nSPS) is 11.7. The van der Waals surface area contributed by atoms with Crippen molar-refractivity contribution in [2.45, 2.75) is 20.0 Å². The molecule has 2 N–H and O–H groups in total. The number of nitrogens with zero attached hydrogens (tertiary/aromatic N) is 4. The Kier molecular flexibility index (Phi) is 5.05. The van der Waals surface area contributed by atoms with Gasteiger partial charge in [-0.1, -0.05) is 18.2 Å². The lowest BCUT2D eigenvalue weighted by molar-refractivity contribution is 0.737. The van der Waals surface area contributed by atoms with E-state index in [-0.39, 0.29) is 0 Å². The molecule has 0 aliphatic carbocycles. The van der Waals surface area contributed by atoms with E-state index in [0.717, 1.165) is 35.1 Å². The fraction of sp³-hybridized carbons (Fsp3) is 0.278. The summed E-state index contributed by atoms with van der Waals surface area (Å²) in [5.74, 6) is 1.73. The number of rotatable bonds is 5. The van der Waals surface area contributed by atoms with E-state index < -0.39 is 0 Å². The van der Waals surface area contributed by atoms with E-state index in [1.54, 1.807) is 6.20 Å². The van der Waals surface area contributed by atoms with Gasteiger partial charge in [0.05, 0.1) is 29.8 Å². The Labute approximate surface area is 141 Å². The molecule has 0 atom stereocenters. The van der Waals surface area contributed by atoms with Crippen LogP contribution >= 0.6 is 0 Å². The average molecular weight is 322 g/mol. The van der Waals surface area contributed by atoms with Crippen molar-refractivity contribution in [3.05, 3.63) is 60.2 Å². The van der Waals surface area contributed by atoms with Crippen LogP contribution in [0, 0.1) is 0 Å². The molecule has 0 aliphatic heterocycles. The minimum Gasteiger partial charge on any atom is -0.357 e. The molecular formula is C18H22N6. The molecule has 124 valence electrons. The molecule has 0 saturated heterocycles. The molecule has 2 heterocycles. The molecule has 0 fully saturated rings. The van der Waals surface area contributed by atoms with E-state index in [1.165, 1.54) is 0 Å². The molecule has 0 radical (unpaired) electrons. The number of aliphatic imine (C=N–C) groups is 1. The maximum Gasteiger partial charge on any atom is 0.192 e. The first-order valence-electron chi connectivity index (χ1n) is 8.10. The Bertz CT molecular complexity index is 822. The van der Waals surface area contributed by atoms with Gasteiger partial charge in [-0.05, 0) is 31.2 Å². The van der Waals surface area contributed by atoms with Gasteiger partial charge in [-0.3, -0.25) is 4.98 Å². The first kappa shape index (κ1) is 16.0. The molecule has 1 aromatic carbocycles. The van der Waals surface area contributed by atoms with Crippen molar-refractivity contribution < 1.29 is 0 Å². The van der Waals surface area contributed by atoms with E-state index in [9.17, 15) is 0 Å². The first-order chi connectivity index (χ1) is 11.8. The maximum absolute atomic E-state index is 4.67. The Balaban J connectivity index is 1.70. The molecule has 0 amide bonds. The zero-order valence-electron chi connectivity index (χ0n) is 14.0. The monoisotopic (exact) mass is 322 g/mol. The predicted molar refractivity (Wildman–Crippen MR) is 96.6 cm³/mol. The van der Waals surface area contributed by atoms with Crippen LogP contribution in [0.15, 0.2) is 53.7 Å². The molecule has 3 rings (SSSR count). The van der Waals surface area contributed by atoms with E-state index in [0.29, 0.717) is 13.1 Å². The molecule has 0 saturated carbocycles. The lowest BCUT2D eigenvalue weighted by Crippen LogP contribution is -2.37. The molecule has 2 aromatic heterocycles. The largest absolute Gasteiger partial charge is 0.357 e. The number of fused-ring (bicyclic) bond motifs is 1. The van der Waals surface area contributed by atoms with Crippen LogP contribution in [0.5, 0.6) is 0 Å². The van der Waals surface area contributed by atoms with Crippen molar-refractivity contribution in [3.63, 3.8) is 0 Å². The van der Waals surface area contributed by atoms with E-state index in [2.05, 4.69) is 36.2 Å². The minimum absolute atomic E-state index is 0.540. The van der Waals surface area contributed by atoms with Crippen molar-refractivity contribution >= 4 is 17.0 Å². The van der Waals surface area contributed by atoms with Gasteiger partial charge >= 0.3 is 0 Å². The van der Waals surface area contributed by atoms with Gasteiger partial charge in [0.1, 0.15) is 5.82 Å². The second-order valence-electron chi connectivity index (χ2n) is 5.45. The quantitative estimate of drug-likeness (QED) is 0.558. The highest BCUT2D eigenvalue weighted by Gasteiger charge is 2.07. The summed E-state index contributed by atoms with van der Waals surface area (Å²) in [7, 11) is 2.03. The lowest BCUT2D eigenvalue weighted by atomic mass is 10.3. The molecule has 0 aliphatic rings. The van der Waals surface area contributed by atoms with Crippen molar-refractivity contribution in [3.8, 4) is 0 Å². The second kappa shape index (κ2) is 7.59. The highest BCUT2D eigenvalue weighted by Crippen LogP contribution is 2.13. The van der Waals surface area contributed by atoms with Gasteiger partial charge < -0.3 is 15.2 Å². The number of nitrogens with one attached hydrogen (secondary N) is 2. The zero-order chi connectivity index (χ0) is 16.8. The SMILES string of the molecule is CCNC(=NCc1ccccn1)NCc1nc2ccccc2n1C. The Morgan fingerprint density at radius 1 is 1.12 bits per heavy atom.